The number of para-hydroxylation sites is 1. The number of anilines is 1. The SMILES string of the molecule is C=C(/C=C/C1=C(Oc2ccccc2)C(=C/C=C2/N(CCCC)c3ccc4ccccc4c3C2(C)C)/CCC1)C(C)(C)c1c(C)ccc2ccccc12. The molecule has 0 aromatic heterocycles. The molecule has 5 aromatic rings. The van der Waals surface area contributed by atoms with E-state index < -0.39 is 0 Å². The van der Waals surface area contributed by atoms with E-state index >= 15 is 0 Å². The van der Waals surface area contributed by atoms with Crippen molar-refractivity contribution in [1.29, 1.82) is 0 Å². The van der Waals surface area contributed by atoms with E-state index in [1.807, 2.05) is 18.2 Å². The van der Waals surface area contributed by atoms with Crippen LogP contribution in [0.5, 0.6) is 5.75 Å². The summed E-state index contributed by atoms with van der Waals surface area (Å²) in [6.07, 6.45) is 14.6. The van der Waals surface area contributed by atoms with E-state index in [1.165, 1.54) is 60.8 Å². The minimum Gasteiger partial charge on any atom is -0.457 e. The highest BCUT2D eigenvalue weighted by molar-refractivity contribution is 5.95. The van der Waals surface area contributed by atoms with Crippen LogP contribution in [0.2, 0.25) is 0 Å². The van der Waals surface area contributed by atoms with Crippen molar-refractivity contribution in [2.24, 2.45) is 0 Å². The van der Waals surface area contributed by atoms with Crippen molar-refractivity contribution in [2.45, 2.75) is 84.5 Å². The minimum atomic E-state index is -0.255. The van der Waals surface area contributed by atoms with Gasteiger partial charge in [-0.05, 0) is 112 Å². The Kier molecular flexibility index (Phi) is 9.86. The Morgan fingerprint density at radius 2 is 1.50 bits per heavy atom. The van der Waals surface area contributed by atoms with E-state index in [4.69, 9.17) is 4.74 Å². The molecule has 0 atom stereocenters. The van der Waals surface area contributed by atoms with Gasteiger partial charge in [-0.2, -0.15) is 0 Å². The molecule has 1 heterocycles. The first-order valence-electron chi connectivity index (χ1n) is 19.1. The summed E-state index contributed by atoms with van der Waals surface area (Å²) in [5.41, 5.74) is 9.89. The van der Waals surface area contributed by atoms with Crippen molar-refractivity contribution in [3.8, 4) is 5.75 Å². The van der Waals surface area contributed by atoms with Crippen molar-refractivity contribution in [2.75, 3.05) is 11.4 Å². The van der Waals surface area contributed by atoms with Crippen LogP contribution >= 0.6 is 0 Å². The minimum absolute atomic E-state index is 0.147. The average Bonchev–Trinajstić information content (AvgIpc) is 3.37. The topological polar surface area (TPSA) is 12.5 Å². The third-order valence-corrected chi connectivity index (χ3v) is 11.4. The van der Waals surface area contributed by atoms with Gasteiger partial charge in [0, 0.05) is 28.8 Å². The van der Waals surface area contributed by atoms with Gasteiger partial charge in [-0.3, -0.25) is 0 Å². The second kappa shape index (κ2) is 14.5. The fourth-order valence-corrected chi connectivity index (χ4v) is 8.51. The highest BCUT2D eigenvalue weighted by atomic mass is 16.5. The lowest BCUT2D eigenvalue weighted by Gasteiger charge is -2.30. The summed E-state index contributed by atoms with van der Waals surface area (Å²) < 4.78 is 6.83. The van der Waals surface area contributed by atoms with E-state index in [9.17, 15) is 0 Å². The number of allylic oxidation sites excluding steroid dienone is 8. The third-order valence-electron chi connectivity index (χ3n) is 11.4. The van der Waals surface area contributed by atoms with Gasteiger partial charge >= 0.3 is 0 Å². The molecule has 1 aliphatic carbocycles. The number of benzene rings is 5. The molecule has 0 spiro atoms. The molecule has 0 N–H and O–H groups in total. The Morgan fingerprint density at radius 3 is 2.25 bits per heavy atom. The molecular weight excluding hydrogens is 631 g/mol. The summed E-state index contributed by atoms with van der Waals surface area (Å²) in [6.45, 7) is 19.6. The number of unbranched alkanes of at least 4 members (excludes halogenated alkanes) is 1. The monoisotopic (exact) mass is 683 g/mol. The van der Waals surface area contributed by atoms with Gasteiger partial charge in [0.2, 0.25) is 0 Å². The fourth-order valence-electron chi connectivity index (χ4n) is 8.51. The van der Waals surface area contributed by atoms with Crippen molar-refractivity contribution in [1.82, 2.24) is 0 Å². The quantitative estimate of drug-likeness (QED) is 0.136. The number of fused-ring (bicyclic) bond motifs is 4. The van der Waals surface area contributed by atoms with Crippen LogP contribution in [0.25, 0.3) is 21.5 Å². The maximum Gasteiger partial charge on any atom is 0.133 e. The van der Waals surface area contributed by atoms with Gasteiger partial charge in [-0.1, -0.05) is 151 Å². The first-order valence-corrected chi connectivity index (χ1v) is 19.1. The summed E-state index contributed by atoms with van der Waals surface area (Å²) in [5, 5.41) is 5.21. The van der Waals surface area contributed by atoms with Gasteiger partial charge in [0.25, 0.3) is 0 Å². The number of ether oxygens (including phenoxy) is 1. The molecule has 7 rings (SSSR count). The Labute approximate surface area is 311 Å². The van der Waals surface area contributed by atoms with Crippen molar-refractivity contribution in [3.63, 3.8) is 0 Å². The van der Waals surface area contributed by atoms with E-state index in [-0.39, 0.29) is 10.8 Å². The lowest BCUT2D eigenvalue weighted by molar-refractivity contribution is 0.415. The molecule has 0 fully saturated rings. The predicted molar refractivity (Wildman–Crippen MR) is 223 cm³/mol. The summed E-state index contributed by atoms with van der Waals surface area (Å²) in [4.78, 5) is 2.58. The first-order chi connectivity index (χ1) is 25.1. The number of rotatable bonds is 10. The van der Waals surface area contributed by atoms with Crippen molar-refractivity contribution >= 4 is 27.2 Å². The Bertz CT molecular complexity index is 2260. The third kappa shape index (κ3) is 6.56. The molecule has 0 saturated heterocycles. The van der Waals surface area contributed by atoms with E-state index in [1.54, 1.807) is 0 Å². The second-order valence-electron chi connectivity index (χ2n) is 15.6. The molecule has 0 unspecified atom stereocenters. The first kappa shape index (κ1) is 35.3. The fraction of sp³-hybridized carbons (Fsp3) is 0.280. The zero-order valence-corrected chi connectivity index (χ0v) is 31.9. The van der Waals surface area contributed by atoms with Crippen LogP contribution in [0.3, 0.4) is 0 Å². The molecular formula is C50H53NO. The molecule has 5 aromatic carbocycles. The average molecular weight is 684 g/mol. The van der Waals surface area contributed by atoms with Crippen LogP contribution in [-0.2, 0) is 10.8 Å². The summed E-state index contributed by atoms with van der Waals surface area (Å²) in [7, 11) is 0. The summed E-state index contributed by atoms with van der Waals surface area (Å²) >= 11 is 0. The summed E-state index contributed by atoms with van der Waals surface area (Å²) in [5.74, 6) is 1.83. The van der Waals surface area contributed by atoms with Gasteiger partial charge in [0.1, 0.15) is 11.5 Å². The van der Waals surface area contributed by atoms with E-state index in [2.05, 4.69) is 162 Å². The normalized spacial score (nSPS) is 17.5. The zero-order valence-electron chi connectivity index (χ0n) is 31.9. The lowest BCUT2D eigenvalue weighted by atomic mass is 9.74. The van der Waals surface area contributed by atoms with Crippen molar-refractivity contribution in [3.05, 3.63) is 179 Å². The molecule has 2 heteroatoms. The zero-order chi connectivity index (χ0) is 36.5. The van der Waals surface area contributed by atoms with Crippen LogP contribution in [0.1, 0.15) is 83.4 Å². The van der Waals surface area contributed by atoms with Crippen molar-refractivity contribution < 1.29 is 4.74 Å². The highest BCUT2D eigenvalue weighted by Crippen LogP contribution is 2.51. The molecule has 0 saturated carbocycles. The summed E-state index contributed by atoms with van der Waals surface area (Å²) in [6, 6.07) is 36.9. The van der Waals surface area contributed by atoms with Crippen LogP contribution in [0.4, 0.5) is 5.69 Å². The largest absolute Gasteiger partial charge is 0.457 e. The van der Waals surface area contributed by atoms with Gasteiger partial charge < -0.3 is 9.64 Å². The molecule has 2 nitrogen and oxygen atoms in total. The standard InChI is InChI=1S/C50H53NO/c1-8-9-34-51-44-32-30-38-19-14-16-25-43(38)47(44)50(6,7)45(51)33-31-40-21-17-20-39(48(40)52-41-22-11-10-12-23-41)29-27-36(3)49(4,5)46-35(2)26-28-37-18-13-15-24-42(37)46/h10-16,18-19,22-33H,3,8-9,17,20-21,34H2,1-2,4-7H3/b29-27+,40-31+,45-33+. The smallest absolute Gasteiger partial charge is 0.133 e. The van der Waals surface area contributed by atoms with Gasteiger partial charge in [-0.15, -0.1) is 0 Å². The van der Waals surface area contributed by atoms with Crippen LogP contribution in [-0.4, -0.2) is 6.54 Å². The number of hydrogen-bond acceptors (Lipinski definition) is 2. The van der Waals surface area contributed by atoms with Gasteiger partial charge in [0.15, 0.2) is 0 Å². The van der Waals surface area contributed by atoms with E-state index in [0.29, 0.717) is 0 Å². The van der Waals surface area contributed by atoms with E-state index in [0.717, 1.165) is 55.7 Å². The molecule has 0 radical (unpaired) electrons. The van der Waals surface area contributed by atoms with Crippen LogP contribution < -0.4 is 9.64 Å². The molecule has 1 aliphatic heterocycles. The van der Waals surface area contributed by atoms with Gasteiger partial charge in [-0.25, -0.2) is 0 Å². The number of nitrogens with zero attached hydrogens (tertiary/aromatic N) is 1. The van der Waals surface area contributed by atoms with Crippen LogP contribution in [0, 0.1) is 6.92 Å². The number of aryl methyl sites for hydroxylation is 1. The highest BCUT2D eigenvalue weighted by Gasteiger charge is 2.41. The molecule has 0 amide bonds. The molecule has 0 bridgehead atoms. The maximum atomic E-state index is 6.83. The second-order valence-corrected chi connectivity index (χ2v) is 15.6. The Morgan fingerprint density at radius 1 is 0.827 bits per heavy atom. The lowest BCUT2D eigenvalue weighted by Crippen LogP contribution is -2.27. The Balaban J connectivity index is 1.29. The predicted octanol–water partition coefficient (Wildman–Crippen LogP) is 13.6. The van der Waals surface area contributed by atoms with Crippen LogP contribution in [0.15, 0.2) is 162 Å². The molecule has 264 valence electrons. The van der Waals surface area contributed by atoms with Gasteiger partial charge in [0.05, 0.1) is 0 Å². The molecule has 52 heavy (non-hydrogen) atoms. The Hall–Kier alpha value is -5.08. The maximum absolute atomic E-state index is 6.83. The molecule has 2 aliphatic rings. The number of hydrogen-bond donors (Lipinski definition) is 0.